The Morgan fingerprint density at radius 2 is 1.90 bits per heavy atom. The zero-order chi connectivity index (χ0) is 21.1. The van der Waals surface area contributed by atoms with Crippen LogP contribution in [0.4, 0.5) is 5.13 Å². The summed E-state index contributed by atoms with van der Waals surface area (Å²) in [4.78, 5) is 21.2. The van der Waals surface area contributed by atoms with Gasteiger partial charge in [-0.15, -0.1) is 11.3 Å². The van der Waals surface area contributed by atoms with Crippen molar-refractivity contribution in [3.05, 3.63) is 59.7 Å². The van der Waals surface area contributed by atoms with Crippen LogP contribution in [0.3, 0.4) is 0 Å². The number of carbonyl (C=O) groups is 1. The quantitative estimate of drug-likeness (QED) is 0.647. The number of anilines is 1. The van der Waals surface area contributed by atoms with Gasteiger partial charge >= 0.3 is 0 Å². The number of sulfonamides is 1. The smallest absolute Gasteiger partial charge is 0.257 e. The van der Waals surface area contributed by atoms with Gasteiger partial charge in [0.1, 0.15) is 0 Å². The minimum absolute atomic E-state index is 0.210. The lowest BCUT2D eigenvalue weighted by atomic mass is 10.0. The topological polar surface area (TPSA) is 92.3 Å². The number of hydrogen-bond donors (Lipinski definition) is 1. The first kappa shape index (κ1) is 20.6. The maximum Gasteiger partial charge on any atom is 0.257 e. The summed E-state index contributed by atoms with van der Waals surface area (Å²) in [5.41, 5.74) is 1.98. The molecule has 1 amide bonds. The summed E-state index contributed by atoms with van der Waals surface area (Å²) in [5.74, 6) is 0.213. The van der Waals surface area contributed by atoms with E-state index in [1.54, 1.807) is 12.4 Å². The van der Waals surface area contributed by atoms with E-state index in [2.05, 4.69) is 22.2 Å². The molecule has 1 aliphatic rings. The van der Waals surface area contributed by atoms with Gasteiger partial charge in [-0.1, -0.05) is 6.92 Å². The van der Waals surface area contributed by atoms with Crippen LogP contribution >= 0.6 is 11.3 Å². The van der Waals surface area contributed by atoms with E-state index in [-0.39, 0.29) is 10.8 Å². The first-order chi connectivity index (χ1) is 14.4. The first-order valence-electron chi connectivity index (χ1n) is 9.71. The molecule has 7 nitrogen and oxygen atoms in total. The average Bonchev–Trinajstić information content (AvgIpc) is 3.23. The van der Waals surface area contributed by atoms with Crippen molar-refractivity contribution in [3.8, 4) is 11.3 Å². The number of carbonyl (C=O) groups excluding carboxylic acids is 1. The molecule has 9 heteroatoms. The lowest BCUT2D eigenvalue weighted by Gasteiger charge is -2.29. The Balaban J connectivity index is 1.44. The summed E-state index contributed by atoms with van der Waals surface area (Å²) in [7, 11) is -3.53. The third-order valence-electron chi connectivity index (χ3n) is 5.18. The van der Waals surface area contributed by atoms with Crippen molar-refractivity contribution in [2.75, 3.05) is 18.4 Å². The third-order valence-corrected chi connectivity index (χ3v) is 7.85. The number of nitrogens with zero attached hydrogens (tertiary/aromatic N) is 3. The fourth-order valence-corrected chi connectivity index (χ4v) is 5.48. The molecule has 1 fully saturated rings. The van der Waals surface area contributed by atoms with Crippen molar-refractivity contribution < 1.29 is 13.2 Å². The maximum absolute atomic E-state index is 12.8. The summed E-state index contributed by atoms with van der Waals surface area (Å²) in [6.07, 6.45) is 5.14. The number of hydrogen-bond acceptors (Lipinski definition) is 6. The number of thiazole rings is 1. The van der Waals surface area contributed by atoms with Gasteiger partial charge in [-0.2, -0.15) is 4.31 Å². The lowest BCUT2D eigenvalue weighted by molar-refractivity contribution is 0.102. The number of piperidine rings is 1. The number of benzene rings is 1. The molecule has 3 heterocycles. The molecule has 0 spiro atoms. The van der Waals surface area contributed by atoms with Crippen molar-refractivity contribution in [1.29, 1.82) is 0 Å². The van der Waals surface area contributed by atoms with E-state index in [4.69, 9.17) is 0 Å². The van der Waals surface area contributed by atoms with Crippen LogP contribution in [-0.4, -0.2) is 41.7 Å². The van der Waals surface area contributed by atoms with Crippen molar-refractivity contribution in [3.63, 3.8) is 0 Å². The van der Waals surface area contributed by atoms with Gasteiger partial charge in [0.15, 0.2) is 5.13 Å². The predicted molar refractivity (Wildman–Crippen MR) is 117 cm³/mol. The molecule has 0 radical (unpaired) electrons. The van der Waals surface area contributed by atoms with Crippen molar-refractivity contribution in [2.45, 2.75) is 24.7 Å². The van der Waals surface area contributed by atoms with Crippen LogP contribution in [0.2, 0.25) is 0 Å². The zero-order valence-electron chi connectivity index (χ0n) is 16.5. The highest BCUT2D eigenvalue weighted by Gasteiger charge is 2.28. The minimum atomic E-state index is -3.53. The number of aromatic nitrogens is 2. The Hall–Kier alpha value is -2.62. The molecule has 1 aliphatic heterocycles. The van der Waals surface area contributed by atoms with Crippen LogP contribution < -0.4 is 5.32 Å². The van der Waals surface area contributed by atoms with Gasteiger partial charge in [0, 0.05) is 42.0 Å². The Morgan fingerprint density at radius 3 is 2.57 bits per heavy atom. The summed E-state index contributed by atoms with van der Waals surface area (Å²) < 4.78 is 27.2. The lowest BCUT2D eigenvalue weighted by Crippen LogP contribution is -2.37. The van der Waals surface area contributed by atoms with Crippen LogP contribution in [0.1, 0.15) is 30.1 Å². The van der Waals surface area contributed by atoms with E-state index >= 15 is 0 Å². The van der Waals surface area contributed by atoms with E-state index in [0.717, 1.165) is 24.1 Å². The van der Waals surface area contributed by atoms with Crippen molar-refractivity contribution >= 4 is 32.4 Å². The van der Waals surface area contributed by atoms with Crippen molar-refractivity contribution in [1.82, 2.24) is 14.3 Å². The molecular weight excluding hydrogens is 420 g/mol. The van der Waals surface area contributed by atoms with Gasteiger partial charge in [0.25, 0.3) is 5.91 Å². The second-order valence-electron chi connectivity index (χ2n) is 7.34. The van der Waals surface area contributed by atoms with Crippen LogP contribution in [0.15, 0.2) is 59.1 Å². The highest BCUT2D eigenvalue weighted by atomic mass is 32.2. The van der Waals surface area contributed by atoms with Crippen LogP contribution in [-0.2, 0) is 10.0 Å². The number of rotatable bonds is 5. The Morgan fingerprint density at radius 1 is 1.17 bits per heavy atom. The van der Waals surface area contributed by atoms with Gasteiger partial charge < -0.3 is 0 Å². The molecule has 1 aromatic carbocycles. The van der Waals surface area contributed by atoms with E-state index in [9.17, 15) is 13.2 Å². The molecule has 156 valence electrons. The normalized spacial score (nSPS) is 15.8. The minimum Gasteiger partial charge on any atom is -0.298 e. The van der Waals surface area contributed by atoms with E-state index in [1.807, 2.05) is 17.5 Å². The fraction of sp³-hybridized carbons (Fsp3) is 0.286. The van der Waals surface area contributed by atoms with Crippen molar-refractivity contribution in [2.24, 2.45) is 5.92 Å². The Kier molecular flexibility index (Phi) is 5.94. The van der Waals surface area contributed by atoms with Gasteiger partial charge in [-0.25, -0.2) is 13.4 Å². The number of amides is 1. The number of pyridine rings is 1. The average molecular weight is 443 g/mol. The van der Waals surface area contributed by atoms with Crippen LogP contribution in [0, 0.1) is 5.92 Å². The maximum atomic E-state index is 12.8. The molecule has 4 rings (SSSR count). The van der Waals surface area contributed by atoms with Gasteiger partial charge in [0.05, 0.1) is 10.6 Å². The fourth-order valence-electron chi connectivity index (χ4n) is 3.30. The predicted octanol–water partition coefficient (Wildman–Crippen LogP) is 3.88. The zero-order valence-corrected chi connectivity index (χ0v) is 18.1. The molecule has 30 heavy (non-hydrogen) atoms. The molecule has 0 unspecified atom stereocenters. The Bertz CT molecular complexity index is 1120. The molecule has 2 aromatic heterocycles. The summed E-state index contributed by atoms with van der Waals surface area (Å²) in [6, 6.07) is 9.77. The molecule has 3 aromatic rings. The molecular formula is C21H22N4O3S2. The second-order valence-corrected chi connectivity index (χ2v) is 10.1. The summed E-state index contributed by atoms with van der Waals surface area (Å²) >= 11 is 1.32. The second kappa shape index (κ2) is 8.63. The van der Waals surface area contributed by atoms with E-state index in [1.165, 1.54) is 39.9 Å². The number of nitrogens with one attached hydrogen (secondary N) is 1. The first-order valence-corrected chi connectivity index (χ1v) is 12.0. The molecule has 0 aliphatic carbocycles. The summed E-state index contributed by atoms with van der Waals surface area (Å²) in [5, 5.41) is 5.08. The third kappa shape index (κ3) is 4.43. The largest absolute Gasteiger partial charge is 0.298 e. The van der Waals surface area contributed by atoms with E-state index in [0.29, 0.717) is 29.7 Å². The van der Waals surface area contributed by atoms with Gasteiger partial charge in [0.2, 0.25) is 10.0 Å². The van der Waals surface area contributed by atoms with Crippen LogP contribution in [0.5, 0.6) is 0 Å². The molecule has 0 saturated carbocycles. The van der Waals surface area contributed by atoms with Crippen LogP contribution in [0.25, 0.3) is 11.3 Å². The highest BCUT2D eigenvalue weighted by molar-refractivity contribution is 7.89. The molecule has 0 atom stereocenters. The van der Waals surface area contributed by atoms with Gasteiger partial charge in [-0.3, -0.25) is 15.1 Å². The molecule has 1 saturated heterocycles. The standard InChI is InChI=1S/C21H22N4O3S2/c1-15-8-11-25(12-9-15)30(27,28)18-6-4-16(5-7-18)20(26)24-21-23-19(14-29-21)17-3-2-10-22-13-17/h2-7,10,13-15H,8-9,11-12H2,1H3,(H,23,24,26). The van der Waals surface area contributed by atoms with E-state index < -0.39 is 10.0 Å². The SMILES string of the molecule is CC1CCN(S(=O)(=O)c2ccc(C(=O)Nc3nc(-c4cccnc4)cs3)cc2)CC1. The monoisotopic (exact) mass is 442 g/mol. The van der Waals surface area contributed by atoms with Gasteiger partial charge in [-0.05, 0) is 55.2 Å². The molecule has 0 bridgehead atoms. The summed E-state index contributed by atoms with van der Waals surface area (Å²) in [6.45, 7) is 3.21. The molecule has 1 N–H and O–H groups in total. The highest BCUT2D eigenvalue weighted by Crippen LogP contribution is 2.26. The Labute approximate surface area is 179 Å².